The van der Waals surface area contributed by atoms with Crippen molar-refractivity contribution < 1.29 is 47.0 Å². The smallest absolute Gasteiger partial charge is 0.333 e. The average Bonchev–Trinajstić information content (AvgIpc) is 2.90. The molecule has 2 atom stereocenters. The molecule has 12 nitrogen and oxygen atoms in total. The maximum atomic E-state index is 12.8. The van der Waals surface area contributed by atoms with Gasteiger partial charge < -0.3 is 38.9 Å². The van der Waals surface area contributed by atoms with Crippen LogP contribution < -0.4 is 10.6 Å². The number of amides is 2. The SMILES string of the molecule is COP(=O)(CC(O)c1cc(NC(=O)C(=O)Nc2cc(C(O)CP(=O)(OC)OC)c(I)cc2I)c(I)cc1I)OC. The number of hydrogen-bond acceptors (Lipinski definition) is 10. The third kappa shape index (κ3) is 9.76. The van der Waals surface area contributed by atoms with Crippen molar-refractivity contribution in [2.24, 2.45) is 0 Å². The fourth-order valence-corrected chi connectivity index (χ4v) is 9.44. The molecule has 2 aromatic carbocycles. The van der Waals surface area contributed by atoms with Crippen LogP contribution in [-0.4, -0.2) is 62.8 Å². The van der Waals surface area contributed by atoms with Gasteiger partial charge in [-0.05, 0) is 126 Å². The summed E-state index contributed by atoms with van der Waals surface area (Å²) in [4.78, 5) is 25.6. The van der Waals surface area contributed by atoms with Crippen molar-refractivity contribution in [3.05, 3.63) is 49.7 Å². The Hall–Kier alpha value is 0.520. The van der Waals surface area contributed by atoms with Crippen LogP contribution in [0.4, 0.5) is 11.4 Å². The van der Waals surface area contributed by atoms with Gasteiger partial charge in [0.1, 0.15) is 0 Å². The summed E-state index contributed by atoms with van der Waals surface area (Å²) < 4.78 is 47.0. The lowest BCUT2D eigenvalue weighted by Crippen LogP contribution is -2.30. The van der Waals surface area contributed by atoms with E-state index < -0.39 is 39.2 Å². The van der Waals surface area contributed by atoms with Crippen LogP contribution in [0.2, 0.25) is 0 Å². The lowest BCUT2D eigenvalue weighted by molar-refractivity contribution is -0.133. The van der Waals surface area contributed by atoms with Crippen LogP contribution in [-0.2, 0) is 36.8 Å². The quantitative estimate of drug-likeness (QED) is 0.117. The van der Waals surface area contributed by atoms with Crippen LogP contribution in [0.3, 0.4) is 0 Å². The number of carbonyl (C=O) groups is 2. The minimum absolute atomic E-state index is 0.253. The second-order valence-electron chi connectivity index (χ2n) is 7.96. The molecule has 0 heterocycles. The zero-order valence-electron chi connectivity index (χ0n) is 21.4. The Morgan fingerprint density at radius 3 is 1.25 bits per heavy atom. The molecule has 0 radical (unpaired) electrons. The molecule has 0 aliphatic carbocycles. The van der Waals surface area contributed by atoms with E-state index in [0.717, 1.165) is 0 Å². The molecule has 2 amide bonds. The molecule has 222 valence electrons. The summed E-state index contributed by atoms with van der Waals surface area (Å²) in [6.45, 7) is 0. The number of carbonyl (C=O) groups excluding carboxylic acids is 2. The van der Waals surface area contributed by atoms with Gasteiger partial charge in [-0.25, -0.2) is 0 Å². The molecular weight excluding hydrogens is 1020 g/mol. The van der Waals surface area contributed by atoms with Crippen molar-refractivity contribution >= 4 is 129 Å². The highest BCUT2D eigenvalue weighted by molar-refractivity contribution is 14.1. The number of rotatable bonds is 12. The van der Waals surface area contributed by atoms with Crippen LogP contribution >= 0.6 is 106 Å². The van der Waals surface area contributed by atoms with Crippen molar-refractivity contribution in [3.63, 3.8) is 0 Å². The summed E-state index contributed by atoms with van der Waals surface area (Å²) in [5.74, 6) is -1.97. The summed E-state index contributed by atoms with van der Waals surface area (Å²) in [5.41, 5.74) is 1.23. The van der Waals surface area contributed by atoms with Crippen molar-refractivity contribution in [1.82, 2.24) is 0 Å². The van der Waals surface area contributed by atoms with E-state index in [4.69, 9.17) is 18.1 Å². The molecule has 0 saturated heterocycles. The summed E-state index contributed by atoms with van der Waals surface area (Å²) in [6.07, 6.45) is -3.09. The van der Waals surface area contributed by atoms with Crippen molar-refractivity contribution in [1.29, 1.82) is 0 Å². The van der Waals surface area contributed by atoms with E-state index in [1.54, 1.807) is 12.1 Å². The van der Waals surface area contributed by atoms with E-state index in [9.17, 15) is 28.9 Å². The van der Waals surface area contributed by atoms with Gasteiger partial charge in [0.05, 0.1) is 35.9 Å². The highest BCUT2D eigenvalue weighted by Crippen LogP contribution is 2.50. The number of hydrogen-bond donors (Lipinski definition) is 4. The van der Waals surface area contributed by atoms with Crippen LogP contribution in [0.1, 0.15) is 23.3 Å². The van der Waals surface area contributed by atoms with E-state index in [2.05, 4.69) is 10.6 Å². The summed E-state index contributed by atoms with van der Waals surface area (Å²) in [5, 5.41) is 26.4. The number of aliphatic hydroxyl groups is 2. The van der Waals surface area contributed by atoms with Crippen molar-refractivity contribution in [3.8, 4) is 0 Å². The van der Waals surface area contributed by atoms with Crippen LogP contribution in [0.15, 0.2) is 24.3 Å². The number of anilines is 2. The van der Waals surface area contributed by atoms with Gasteiger partial charge in [0, 0.05) is 42.7 Å². The molecule has 40 heavy (non-hydrogen) atoms. The predicted octanol–water partition coefficient (Wildman–Crippen LogP) is 5.72. The third-order valence-electron chi connectivity index (χ3n) is 5.50. The Labute approximate surface area is 286 Å². The Balaban J connectivity index is 2.26. The van der Waals surface area contributed by atoms with Gasteiger partial charge in [-0.3, -0.25) is 18.7 Å². The van der Waals surface area contributed by atoms with Gasteiger partial charge >= 0.3 is 27.0 Å². The molecule has 0 aliphatic heterocycles. The number of nitrogens with one attached hydrogen (secondary N) is 2. The lowest BCUT2D eigenvalue weighted by atomic mass is 10.1. The molecular formula is C22H26I4N2O10P2. The van der Waals surface area contributed by atoms with Gasteiger partial charge in [-0.15, -0.1) is 0 Å². The molecule has 0 bridgehead atoms. The van der Waals surface area contributed by atoms with Crippen LogP contribution in [0.5, 0.6) is 0 Å². The molecule has 4 N–H and O–H groups in total. The summed E-state index contributed by atoms with van der Waals surface area (Å²) in [7, 11) is -2.17. The molecule has 0 fully saturated rings. The van der Waals surface area contributed by atoms with E-state index in [-0.39, 0.29) is 23.7 Å². The molecule has 2 unspecified atom stereocenters. The van der Waals surface area contributed by atoms with E-state index >= 15 is 0 Å². The summed E-state index contributed by atoms with van der Waals surface area (Å²) in [6, 6.07) is 6.35. The van der Waals surface area contributed by atoms with Gasteiger partial charge in [0.15, 0.2) is 0 Å². The van der Waals surface area contributed by atoms with E-state index in [1.165, 1.54) is 40.6 Å². The topological polar surface area (TPSA) is 170 Å². The second-order valence-corrected chi connectivity index (χ2v) is 17.2. The fourth-order valence-electron chi connectivity index (χ4n) is 3.26. The average molecular weight is 1050 g/mol. The van der Waals surface area contributed by atoms with Crippen LogP contribution in [0, 0.1) is 14.3 Å². The fraction of sp³-hybridized carbons (Fsp3) is 0.364. The lowest BCUT2D eigenvalue weighted by Gasteiger charge is -2.20. The number of halogens is 4. The third-order valence-corrected chi connectivity index (χ3v) is 13.0. The molecule has 2 aromatic rings. The zero-order valence-corrected chi connectivity index (χ0v) is 31.9. The monoisotopic (exact) mass is 1050 g/mol. The van der Waals surface area contributed by atoms with Gasteiger partial charge in [-0.2, -0.15) is 0 Å². The Bertz CT molecular complexity index is 1250. The van der Waals surface area contributed by atoms with Gasteiger partial charge in [0.2, 0.25) is 0 Å². The van der Waals surface area contributed by atoms with E-state index in [0.29, 0.717) is 25.4 Å². The Kier molecular flexibility index (Phi) is 14.7. The molecule has 2 rings (SSSR count). The van der Waals surface area contributed by atoms with Gasteiger partial charge in [-0.1, -0.05) is 0 Å². The molecule has 0 aliphatic rings. The molecule has 18 heteroatoms. The predicted molar refractivity (Wildman–Crippen MR) is 184 cm³/mol. The maximum Gasteiger partial charge on any atom is 0.333 e. The van der Waals surface area contributed by atoms with E-state index in [1.807, 2.05) is 90.4 Å². The maximum absolute atomic E-state index is 12.8. The summed E-state index contributed by atoms with van der Waals surface area (Å²) >= 11 is 7.95. The Morgan fingerprint density at radius 1 is 0.675 bits per heavy atom. The standard InChI is InChI=1S/C22H26I4N2O10P2/c1-35-39(33,36-2)9-19(29)11-5-17(15(25)7-13(11)23)27-21(31)22(32)28-18-6-12(14(24)8-16(18)26)20(30)10-40(34,37-3)38-4/h5-8,19-20,29-30H,9-10H2,1-4H3,(H,27,31)(H,28,32). The minimum atomic E-state index is -3.52. The van der Waals surface area contributed by atoms with Crippen LogP contribution in [0.25, 0.3) is 0 Å². The van der Waals surface area contributed by atoms with Crippen molar-refractivity contribution in [2.45, 2.75) is 12.2 Å². The first-order valence-corrected chi connectivity index (χ1v) is 18.8. The molecule has 0 spiro atoms. The minimum Gasteiger partial charge on any atom is -0.388 e. The molecule has 0 aromatic heterocycles. The highest BCUT2D eigenvalue weighted by atomic mass is 127. The van der Waals surface area contributed by atoms with Gasteiger partial charge in [0.25, 0.3) is 0 Å². The highest BCUT2D eigenvalue weighted by Gasteiger charge is 2.30. The molecule has 0 saturated carbocycles. The second kappa shape index (κ2) is 16.0. The first kappa shape index (κ1) is 36.7. The largest absolute Gasteiger partial charge is 0.388 e. The normalized spacial score (nSPS) is 13.6. The zero-order chi connectivity index (χ0) is 30.4. The number of aliphatic hydroxyl groups excluding tert-OH is 2. The Morgan fingerprint density at radius 2 is 0.975 bits per heavy atom. The first-order chi connectivity index (χ1) is 18.6. The first-order valence-electron chi connectivity index (χ1n) is 11.0. The number of benzene rings is 2. The van der Waals surface area contributed by atoms with Crippen molar-refractivity contribution in [2.75, 3.05) is 51.4 Å².